The predicted molar refractivity (Wildman–Crippen MR) is 143 cm³/mol. The number of nitrogens with zero attached hydrogens (tertiary/aromatic N) is 3. The van der Waals surface area contributed by atoms with Crippen molar-refractivity contribution < 1.29 is 40.7 Å². The summed E-state index contributed by atoms with van der Waals surface area (Å²) >= 11 is 0. The number of hydrogen-bond acceptors (Lipinski definition) is 8. The molecular formula is C28H29F3N4O6S. The van der Waals surface area contributed by atoms with Crippen molar-refractivity contribution in [3.63, 3.8) is 0 Å². The first-order valence-electron chi connectivity index (χ1n) is 13.1. The number of ether oxygens (including phenoxy) is 2. The predicted octanol–water partition coefficient (Wildman–Crippen LogP) is 2.97. The van der Waals surface area contributed by atoms with Gasteiger partial charge in [0.15, 0.2) is 0 Å². The zero-order valence-corrected chi connectivity index (χ0v) is 23.8. The molecule has 42 heavy (non-hydrogen) atoms. The summed E-state index contributed by atoms with van der Waals surface area (Å²) in [6, 6.07) is 10.8. The van der Waals surface area contributed by atoms with E-state index in [2.05, 4.69) is 0 Å². The quantitative estimate of drug-likeness (QED) is 0.474. The third-order valence-electron chi connectivity index (χ3n) is 8.37. The molecule has 224 valence electrons. The van der Waals surface area contributed by atoms with Crippen molar-refractivity contribution in [2.45, 2.75) is 43.4 Å². The fourth-order valence-corrected chi connectivity index (χ4v) is 7.03. The van der Waals surface area contributed by atoms with Gasteiger partial charge in [0.1, 0.15) is 12.4 Å². The van der Waals surface area contributed by atoms with E-state index in [0.717, 1.165) is 11.0 Å². The molecule has 3 heterocycles. The second-order valence-electron chi connectivity index (χ2n) is 11.4. The highest BCUT2D eigenvalue weighted by Gasteiger charge is 2.71. The topological polar surface area (TPSA) is 143 Å². The third kappa shape index (κ3) is 5.04. The van der Waals surface area contributed by atoms with Gasteiger partial charge in [0.05, 0.1) is 51.2 Å². The summed E-state index contributed by atoms with van der Waals surface area (Å²) in [6.45, 7) is 6.20. The van der Waals surface area contributed by atoms with Crippen molar-refractivity contribution in [2.75, 3.05) is 31.1 Å². The summed E-state index contributed by atoms with van der Waals surface area (Å²) in [7, 11) is -3.73. The van der Waals surface area contributed by atoms with Crippen molar-refractivity contribution >= 4 is 27.5 Å². The van der Waals surface area contributed by atoms with Crippen molar-refractivity contribution in [3.8, 4) is 11.8 Å². The highest BCUT2D eigenvalue weighted by atomic mass is 32.2. The molecule has 5 atom stereocenters. The summed E-state index contributed by atoms with van der Waals surface area (Å²) in [5, 5.41) is 13.5. The van der Waals surface area contributed by atoms with Gasteiger partial charge in [-0.15, -0.1) is 0 Å². The van der Waals surface area contributed by atoms with Crippen molar-refractivity contribution in [1.82, 2.24) is 4.90 Å². The van der Waals surface area contributed by atoms with Crippen molar-refractivity contribution in [3.05, 3.63) is 59.2 Å². The maximum Gasteiger partial charge on any atom is 0.417 e. The number of amides is 2. The molecule has 2 aromatic carbocycles. The van der Waals surface area contributed by atoms with E-state index in [1.54, 1.807) is 38.1 Å². The van der Waals surface area contributed by atoms with Crippen LogP contribution in [0.15, 0.2) is 42.5 Å². The fourth-order valence-electron chi connectivity index (χ4n) is 6.50. The first-order valence-corrected chi connectivity index (χ1v) is 14.8. The SMILES string of the molecule is CC(c1ccc(OCCN2CC3(C)OC(C)(C2)C2C(=O)N(c4ccc(C#N)c(C(F)(F)F)c4)C(=O)C23)cc1)S(N)(=O)=O. The highest BCUT2D eigenvalue weighted by molar-refractivity contribution is 7.89. The molecule has 10 nitrogen and oxygen atoms in total. The summed E-state index contributed by atoms with van der Waals surface area (Å²) in [5.41, 5.74) is -3.68. The van der Waals surface area contributed by atoms with E-state index in [9.17, 15) is 31.2 Å². The van der Waals surface area contributed by atoms with E-state index in [-0.39, 0.29) is 25.4 Å². The van der Waals surface area contributed by atoms with E-state index >= 15 is 0 Å². The number of nitriles is 1. The first-order chi connectivity index (χ1) is 19.5. The zero-order valence-electron chi connectivity index (χ0n) is 23.0. The van der Waals surface area contributed by atoms with Gasteiger partial charge in [-0.25, -0.2) is 18.5 Å². The Hall–Kier alpha value is -3.51. The lowest BCUT2D eigenvalue weighted by atomic mass is 9.79. The molecule has 0 saturated carbocycles. The van der Waals surface area contributed by atoms with E-state index in [4.69, 9.17) is 19.9 Å². The number of sulfonamides is 1. The molecule has 3 aliphatic rings. The molecule has 0 spiro atoms. The summed E-state index contributed by atoms with van der Waals surface area (Å²) < 4.78 is 76.0. The average Bonchev–Trinajstić information content (AvgIpc) is 3.27. The lowest BCUT2D eigenvalue weighted by Crippen LogP contribution is -2.58. The van der Waals surface area contributed by atoms with E-state index < -0.39 is 67.4 Å². The Bertz CT molecular complexity index is 1560. The average molecular weight is 607 g/mol. The second-order valence-corrected chi connectivity index (χ2v) is 13.3. The van der Waals surface area contributed by atoms with Gasteiger partial charge in [0.25, 0.3) is 0 Å². The van der Waals surface area contributed by atoms with Gasteiger partial charge in [-0.05, 0) is 56.7 Å². The summed E-state index contributed by atoms with van der Waals surface area (Å²) in [5.74, 6) is -2.56. The van der Waals surface area contributed by atoms with Gasteiger partial charge in [0, 0.05) is 19.6 Å². The van der Waals surface area contributed by atoms with Crippen LogP contribution in [0.2, 0.25) is 0 Å². The monoisotopic (exact) mass is 606 g/mol. The van der Waals surface area contributed by atoms with Crippen LogP contribution in [0.4, 0.5) is 18.9 Å². The minimum Gasteiger partial charge on any atom is -0.492 e. The fraction of sp³-hybridized carbons (Fsp3) is 0.464. The van der Waals surface area contributed by atoms with Gasteiger partial charge < -0.3 is 9.47 Å². The number of carbonyl (C=O) groups is 2. The van der Waals surface area contributed by atoms with E-state index in [0.29, 0.717) is 23.9 Å². The maximum absolute atomic E-state index is 13.6. The van der Waals surface area contributed by atoms with Gasteiger partial charge >= 0.3 is 6.18 Å². The number of fused-ring (bicyclic) bond motifs is 5. The number of alkyl halides is 3. The molecule has 3 aliphatic heterocycles. The third-order valence-corrected chi connectivity index (χ3v) is 9.63. The number of anilines is 1. The second kappa shape index (κ2) is 10.0. The molecule has 0 aromatic heterocycles. The molecular weight excluding hydrogens is 577 g/mol. The van der Waals surface area contributed by atoms with Crippen molar-refractivity contribution in [2.24, 2.45) is 17.0 Å². The Balaban J connectivity index is 1.30. The van der Waals surface area contributed by atoms with Gasteiger partial charge in [-0.3, -0.25) is 14.5 Å². The van der Waals surface area contributed by atoms with Gasteiger partial charge in [-0.2, -0.15) is 18.4 Å². The van der Waals surface area contributed by atoms with E-state index in [1.807, 2.05) is 4.90 Å². The van der Waals surface area contributed by atoms with Crippen LogP contribution in [0.5, 0.6) is 5.75 Å². The normalized spacial score (nSPS) is 28.5. The van der Waals surface area contributed by atoms with Crippen LogP contribution in [0.25, 0.3) is 0 Å². The Kier molecular flexibility index (Phi) is 7.17. The van der Waals surface area contributed by atoms with Crippen LogP contribution >= 0.6 is 0 Å². The maximum atomic E-state index is 13.6. The molecule has 0 radical (unpaired) electrons. The van der Waals surface area contributed by atoms with Gasteiger partial charge in [-0.1, -0.05) is 12.1 Å². The van der Waals surface area contributed by atoms with Crippen LogP contribution in [0.3, 0.4) is 0 Å². The number of imide groups is 1. The van der Waals surface area contributed by atoms with Gasteiger partial charge in [0.2, 0.25) is 21.8 Å². The number of primary sulfonamides is 1. The minimum atomic E-state index is -4.84. The molecule has 2 bridgehead atoms. The van der Waals surface area contributed by atoms with Crippen LogP contribution in [0, 0.1) is 23.2 Å². The number of halogens is 3. The smallest absolute Gasteiger partial charge is 0.417 e. The molecule has 5 rings (SSSR count). The number of rotatable bonds is 7. The minimum absolute atomic E-state index is 0.231. The standard InChI is InChI=1S/C28H29F3N4O6S/c1-16(42(33,38)39)17-5-8-20(9-6-17)40-11-10-34-14-26(2)22-23(27(3,15-34)41-26)25(37)35(24(22)36)19-7-4-18(13-32)21(12-19)28(29,30)31/h4-9,12,16,22-23H,10-11,14-15H2,1-3H3,(H2,33,38,39). The lowest BCUT2D eigenvalue weighted by Gasteiger charge is -2.45. The Labute approximate surface area is 240 Å². The molecule has 2 N–H and O–H groups in total. The Morgan fingerprint density at radius 1 is 1.10 bits per heavy atom. The number of hydrogen-bond donors (Lipinski definition) is 1. The first kappa shape index (κ1) is 30.0. The number of likely N-dealkylation sites (tertiary alicyclic amines) is 1. The molecule has 14 heteroatoms. The number of benzene rings is 2. The van der Waals surface area contributed by atoms with Crippen LogP contribution in [-0.4, -0.2) is 62.6 Å². The number of nitrogens with two attached hydrogens (primary N) is 1. The molecule has 2 amide bonds. The molecule has 2 aromatic rings. The zero-order chi connectivity index (χ0) is 30.8. The molecule has 0 aliphatic carbocycles. The summed E-state index contributed by atoms with van der Waals surface area (Å²) in [4.78, 5) is 30.1. The van der Waals surface area contributed by atoms with E-state index in [1.165, 1.54) is 19.1 Å². The highest BCUT2D eigenvalue weighted by Crippen LogP contribution is 2.55. The largest absolute Gasteiger partial charge is 0.492 e. The number of morpholine rings is 1. The van der Waals surface area contributed by atoms with Crippen LogP contribution in [-0.2, 0) is 30.5 Å². The molecule has 5 unspecified atom stereocenters. The molecule has 3 saturated heterocycles. The van der Waals surface area contributed by atoms with Crippen molar-refractivity contribution in [1.29, 1.82) is 5.26 Å². The molecule has 3 fully saturated rings. The Morgan fingerprint density at radius 3 is 2.17 bits per heavy atom. The van der Waals surface area contributed by atoms with Crippen LogP contribution < -0.4 is 14.8 Å². The van der Waals surface area contributed by atoms with Crippen LogP contribution in [0.1, 0.15) is 42.7 Å². The summed E-state index contributed by atoms with van der Waals surface area (Å²) in [6.07, 6.45) is -4.84. The Morgan fingerprint density at radius 2 is 1.67 bits per heavy atom. The number of carbonyl (C=O) groups excluding carboxylic acids is 2. The lowest BCUT2D eigenvalue weighted by molar-refractivity contribution is -0.169.